The molecule has 29 heavy (non-hydrogen) atoms. The molecule has 0 aliphatic heterocycles. The molecular formula is C19H16ClFN2O5S. The maximum Gasteiger partial charge on any atom is 0.331 e. The Labute approximate surface area is 172 Å². The van der Waals surface area contributed by atoms with Crippen molar-refractivity contribution in [1.82, 2.24) is 4.72 Å². The summed E-state index contributed by atoms with van der Waals surface area (Å²) in [5, 5.41) is 9.20. The molecule has 1 unspecified atom stereocenters. The summed E-state index contributed by atoms with van der Waals surface area (Å²) < 4.78 is 46.2. The number of hydrogen-bond acceptors (Lipinski definition) is 6. The Bertz CT molecular complexity index is 1060. The van der Waals surface area contributed by atoms with Crippen LogP contribution < -0.4 is 4.72 Å². The molecule has 0 heterocycles. The van der Waals surface area contributed by atoms with Crippen LogP contribution in [0.25, 0.3) is 0 Å². The van der Waals surface area contributed by atoms with E-state index in [4.69, 9.17) is 21.6 Å². The van der Waals surface area contributed by atoms with Gasteiger partial charge in [0.25, 0.3) is 0 Å². The number of sulfonamides is 1. The van der Waals surface area contributed by atoms with Crippen molar-refractivity contribution in [3.8, 4) is 6.07 Å². The lowest BCUT2D eigenvalue weighted by Gasteiger charge is -2.13. The van der Waals surface area contributed by atoms with Crippen molar-refractivity contribution in [3.63, 3.8) is 0 Å². The average molecular weight is 439 g/mol. The third kappa shape index (κ3) is 5.17. The molecule has 0 aromatic heterocycles. The first-order valence-electron chi connectivity index (χ1n) is 8.35. The van der Waals surface area contributed by atoms with Crippen LogP contribution in [0, 0.1) is 23.1 Å². The van der Waals surface area contributed by atoms with Crippen LogP contribution in [0.5, 0.6) is 0 Å². The van der Waals surface area contributed by atoms with E-state index in [0.29, 0.717) is 0 Å². The van der Waals surface area contributed by atoms with Crippen LogP contribution in [0.2, 0.25) is 5.02 Å². The van der Waals surface area contributed by atoms with Gasteiger partial charge >= 0.3 is 5.97 Å². The minimum Gasteiger partial charge on any atom is -0.465 e. The van der Waals surface area contributed by atoms with Crippen molar-refractivity contribution in [2.24, 2.45) is 5.92 Å². The first kappa shape index (κ1) is 22.5. The second-order valence-corrected chi connectivity index (χ2v) is 7.84. The van der Waals surface area contributed by atoms with Gasteiger partial charge < -0.3 is 4.74 Å². The van der Waals surface area contributed by atoms with Crippen molar-refractivity contribution in [2.75, 3.05) is 6.61 Å². The Morgan fingerprint density at radius 1 is 1.24 bits per heavy atom. The third-order valence-corrected chi connectivity index (χ3v) is 5.67. The SMILES string of the molecule is CCOC(=O)C(C#N)C(=O)c1ccccc1S(=O)(=O)NCc1c(F)cccc1Cl. The molecule has 2 aromatic rings. The fourth-order valence-corrected chi connectivity index (χ4v) is 3.89. The third-order valence-electron chi connectivity index (χ3n) is 3.86. The molecule has 0 aliphatic rings. The first-order valence-corrected chi connectivity index (χ1v) is 10.2. The van der Waals surface area contributed by atoms with E-state index in [-0.39, 0.29) is 22.8 Å². The Kier molecular flexibility index (Phi) is 7.45. The fraction of sp³-hybridized carbons (Fsp3) is 0.211. The molecule has 7 nitrogen and oxygen atoms in total. The Balaban J connectivity index is 2.37. The van der Waals surface area contributed by atoms with Gasteiger partial charge in [-0.25, -0.2) is 17.5 Å². The van der Waals surface area contributed by atoms with Crippen LogP contribution in [0.3, 0.4) is 0 Å². The molecule has 0 amide bonds. The molecule has 0 bridgehead atoms. The molecule has 0 aliphatic carbocycles. The number of benzene rings is 2. The number of nitriles is 1. The van der Waals surface area contributed by atoms with Crippen molar-refractivity contribution < 1.29 is 27.1 Å². The first-order chi connectivity index (χ1) is 13.7. The lowest BCUT2D eigenvalue weighted by atomic mass is 9.99. The summed E-state index contributed by atoms with van der Waals surface area (Å²) in [6.45, 7) is 0.998. The van der Waals surface area contributed by atoms with E-state index in [2.05, 4.69) is 4.72 Å². The second kappa shape index (κ2) is 9.60. The van der Waals surface area contributed by atoms with Crippen LogP contribution in [-0.2, 0) is 26.1 Å². The lowest BCUT2D eigenvalue weighted by Crippen LogP contribution is -2.29. The number of rotatable bonds is 8. The average Bonchev–Trinajstić information content (AvgIpc) is 2.68. The second-order valence-electron chi connectivity index (χ2n) is 5.70. The predicted molar refractivity (Wildman–Crippen MR) is 102 cm³/mol. The summed E-state index contributed by atoms with van der Waals surface area (Å²) in [6.07, 6.45) is 0. The van der Waals surface area contributed by atoms with Crippen LogP contribution in [0.15, 0.2) is 47.4 Å². The molecule has 0 spiro atoms. The zero-order valence-corrected chi connectivity index (χ0v) is 16.8. The van der Waals surface area contributed by atoms with Gasteiger partial charge in [0.15, 0.2) is 5.78 Å². The molecular weight excluding hydrogens is 423 g/mol. The molecule has 0 saturated carbocycles. The standard InChI is InChI=1S/C19H16ClFN2O5S/c1-2-28-19(25)13(10-22)18(24)12-6-3-4-9-17(12)29(26,27)23-11-14-15(20)7-5-8-16(14)21/h3-9,13,23H,2,11H2,1H3. The summed E-state index contributed by atoms with van der Waals surface area (Å²) in [6, 6.07) is 10.5. The van der Waals surface area contributed by atoms with Crippen molar-refractivity contribution in [2.45, 2.75) is 18.4 Å². The topological polar surface area (TPSA) is 113 Å². The molecule has 1 N–H and O–H groups in total. The molecule has 152 valence electrons. The molecule has 0 radical (unpaired) electrons. The largest absolute Gasteiger partial charge is 0.465 e. The maximum atomic E-state index is 13.9. The number of carbonyl (C=O) groups is 2. The van der Waals surface area contributed by atoms with Gasteiger partial charge in [0.2, 0.25) is 15.9 Å². The highest BCUT2D eigenvalue weighted by Crippen LogP contribution is 2.22. The number of Topliss-reactive ketones (excluding diaryl/α,β-unsaturated/α-hetero) is 1. The number of nitrogens with zero attached hydrogens (tertiary/aromatic N) is 1. The van der Waals surface area contributed by atoms with Gasteiger partial charge in [-0.1, -0.05) is 29.8 Å². The summed E-state index contributed by atoms with van der Waals surface area (Å²) in [4.78, 5) is 24.0. The van der Waals surface area contributed by atoms with Crippen LogP contribution in [0.1, 0.15) is 22.8 Å². The molecule has 0 fully saturated rings. The number of esters is 1. The molecule has 0 saturated heterocycles. The summed E-state index contributed by atoms with van der Waals surface area (Å²) in [5.74, 6) is -4.60. The molecule has 10 heteroatoms. The van der Waals surface area contributed by atoms with Gasteiger partial charge in [0.1, 0.15) is 5.82 Å². The van der Waals surface area contributed by atoms with Crippen LogP contribution in [0.4, 0.5) is 4.39 Å². The summed E-state index contributed by atoms with van der Waals surface area (Å²) >= 11 is 5.89. The Hall–Kier alpha value is -2.80. The number of ketones is 1. The highest BCUT2D eigenvalue weighted by Gasteiger charge is 2.32. The predicted octanol–water partition coefficient (Wildman–Crippen LogP) is 2.84. The van der Waals surface area contributed by atoms with Gasteiger partial charge in [-0.2, -0.15) is 5.26 Å². The maximum absolute atomic E-state index is 13.9. The molecule has 2 rings (SSSR count). The molecule has 1 atom stereocenters. The highest BCUT2D eigenvalue weighted by atomic mass is 35.5. The number of ether oxygens (including phenoxy) is 1. The number of nitrogens with one attached hydrogen (secondary N) is 1. The van der Waals surface area contributed by atoms with E-state index in [1.165, 1.54) is 43.3 Å². The number of carbonyl (C=O) groups excluding carboxylic acids is 2. The van der Waals surface area contributed by atoms with Gasteiger partial charge in [-0.3, -0.25) is 9.59 Å². The van der Waals surface area contributed by atoms with Gasteiger partial charge in [0, 0.05) is 22.7 Å². The fourth-order valence-electron chi connectivity index (χ4n) is 2.45. The van der Waals surface area contributed by atoms with Crippen LogP contribution >= 0.6 is 11.6 Å². The lowest BCUT2D eigenvalue weighted by molar-refractivity contribution is -0.144. The van der Waals surface area contributed by atoms with E-state index in [0.717, 1.165) is 12.1 Å². The minimum atomic E-state index is -4.31. The number of halogens is 2. The van der Waals surface area contributed by atoms with Gasteiger partial charge in [-0.05, 0) is 31.2 Å². The quantitative estimate of drug-likeness (QED) is 0.385. The highest BCUT2D eigenvalue weighted by molar-refractivity contribution is 7.89. The summed E-state index contributed by atoms with van der Waals surface area (Å²) in [7, 11) is -4.31. The zero-order chi connectivity index (χ0) is 21.6. The van der Waals surface area contributed by atoms with E-state index < -0.39 is 45.0 Å². The zero-order valence-electron chi connectivity index (χ0n) is 15.2. The normalized spacial score (nSPS) is 12.1. The smallest absolute Gasteiger partial charge is 0.331 e. The van der Waals surface area contributed by atoms with Crippen molar-refractivity contribution in [1.29, 1.82) is 5.26 Å². The summed E-state index contributed by atoms with van der Waals surface area (Å²) in [5.41, 5.74) is -0.429. The molecule has 2 aromatic carbocycles. The van der Waals surface area contributed by atoms with Crippen LogP contribution in [-0.4, -0.2) is 26.8 Å². The Morgan fingerprint density at radius 2 is 1.93 bits per heavy atom. The van der Waals surface area contributed by atoms with Gasteiger partial charge in [-0.15, -0.1) is 0 Å². The number of hydrogen-bond donors (Lipinski definition) is 1. The van der Waals surface area contributed by atoms with E-state index in [1.807, 2.05) is 0 Å². The van der Waals surface area contributed by atoms with Crippen molar-refractivity contribution in [3.05, 3.63) is 64.4 Å². The Morgan fingerprint density at radius 3 is 2.55 bits per heavy atom. The monoisotopic (exact) mass is 438 g/mol. The van der Waals surface area contributed by atoms with E-state index in [1.54, 1.807) is 0 Å². The van der Waals surface area contributed by atoms with Gasteiger partial charge in [0.05, 0.1) is 17.6 Å². The van der Waals surface area contributed by atoms with Crippen molar-refractivity contribution >= 4 is 33.4 Å². The minimum absolute atomic E-state index is 0.0314. The van der Waals surface area contributed by atoms with E-state index in [9.17, 15) is 22.4 Å². The van der Waals surface area contributed by atoms with E-state index >= 15 is 0 Å².